The Bertz CT molecular complexity index is 662. The fourth-order valence-corrected chi connectivity index (χ4v) is 1.94. The molecule has 0 unspecified atom stereocenters. The molecule has 6 nitrogen and oxygen atoms in total. The van der Waals surface area contributed by atoms with Gasteiger partial charge in [-0.15, -0.1) is 0 Å². The van der Waals surface area contributed by atoms with Crippen LogP contribution in [-0.4, -0.2) is 22.9 Å². The molecule has 0 bridgehead atoms. The van der Waals surface area contributed by atoms with Gasteiger partial charge in [-0.1, -0.05) is 6.07 Å². The van der Waals surface area contributed by atoms with Crippen LogP contribution in [0.2, 0.25) is 0 Å². The molecule has 0 radical (unpaired) electrons. The second kappa shape index (κ2) is 5.24. The van der Waals surface area contributed by atoms with Gasteiger partial charge in [0.1, 0.15) is 11.3 Å². The van der Waals surface area contributed by atoms with Crippen molar-refractivity contribution in [1.82, 2.24) is 9.78 Å². The Kier molecular flexibility index (Phi) is 3.65. The van der Waals surface area contributed by atoms with Gasteiger partial charge in [0, 0.05) is 7.05 Å². The maximum atomic E-state index is 11.8. The molecule has 0 saturated carbocycles. The first-order valence-corrected chi connectivity index (χ1v) is 6.10. The third-order valence-electron chi connectivity index (χ3n) is 3.10. The van der Waals surface area contributed by atoms with Crippen LogP contribution in [0.25, 0.3) is 0 Å². The molecule has 1 aromatic heterocycles. The lowest BCUT2D eigenvalue weighted by Gasteiger charge is -2.12. The number of ether oxygens (including phenoxy) is 2. The number of nitrogens with two attached hydrogens (primary N) is 1. The molecule has 2 aromatic rings. The number of anilines is 1. The van der Waals surface area contributed by atoms with Crippen LogP contribution in [0, 0.1) is 13.8 Å². The Labute approximate surface area is 117 Å². The van der Waals surface area contributed by atoms with E-state index in [-0.39, 0.29) is 5.56 Å². The van der Waals surface area contributed by atoms with E-state index in [1.807, 2.05) is 20.9 Å². The minimum atomic E-state index is -0.494. The Morgan fingerprint density at radius 1 is 1.30 bits per heavy atom. The van der Waals surface area contributed by atoms with E-state index >= 15 is 0 Å². The number of aromatic nitrogens is 2. The molecule has 0 atom stereocenters. The molecule has 0 amide bonds. The molecule has 2 N–H and O–H groups in total. The van der Waals surface area contributed by atoms with Crippen molar-refractivity contribution in [3.05, 3.63) is 35.2 Å². The third-order valence-corrected chi connectivity index (χ3v) is 3.10. The van der Waals surface area contributed by atoms with Gasteiger partial charge in [0.15, 0.2) is 11.5 Å². The van der Waals surface area contributed by atoms with E-state index in [0.717, 1.165) is 11.4 Å². The molecule has 1 aromatic carbocycles. The molecule has 1 heterocycles. The maximum absolute atomic E-state index is 11.8. The smallest absolute Gasteiger partial charge is 0.341 e. The van der Waals surface area contributed by atoms with Crippen molar-refractivity contribution in [2.75, 3.05) is 12.8 Å². The number of carbonyl (C=O) groups is 1. The Morgan fingerprint density at radius 2 is 2.00 bits per heavy atom. The number of nitrogens with zero attached hydrogens (tertiary/aromatic N) is 2. The van der Waals surface area contributed by atoms with Gasteiger partial charge in [0.25, 0.3) is 0 Å². The van der Waals surface area contributed by atoms with Crippen molar-refractivity contribution in [3.8, 4) is 11.5 Å². The molecule has 0 fully saturated rings. The Morgan fingerprint density at radius 3 is 2.55 bits per heavy atom. The molecule has 106 valence electrons. The van der Waals surface area contributed by atoms with Gasteiger partial charge in [0.2, 0.25) is 0 Å². The highest BCUT2D eigenvalue weighted by Crippen LogP contribution is 2.34. The molecule has 20 heavy (non-hydrogen) atoms. The summed E-state index contributed by atoms with van der Waals surface area (Å²) in [4.78, 5) is 11.8. The first-order valence-electron chi connectivity index (χ1n) is 6.10. The van der Waals surface area contributed by atoms with E-state index < -0.39 is 5.97 Å². The van der Waals surface area contributed by atoms with Crippen LogP contribution < -0.4 is 10.5 Å². The predicted molar refractivity (Wildman–Crippen MR) is 74.9 cm³/mol. The minimum Gasteiger partial charge on any atom is -0.465 e. The van der Waals surface area contributed by atoms with E-state index in [1.54, 1.807) is 22.9 Å². The fraction of sp³-hybridized carbons (Fsp3) is 0.286. The Balaban J connectivity index is 2.50. The number of carbonyl (C=O) groups excluding carboxylic acids is 1. The SMILES string of the molecule is COC(=O)c1cccc(N)c1Oc1c(C)nn(C)c1C. The molecule has 0 aliphatic heterocycles. The van der Waals surface area contributed by atoms with E-state index in [2.05, 4.69) is 5.10 Å². The summed E-state index contributed by atoms with van der Waals surface area (Å²) in [5.41, 5.74) is 8.14. The monoisotopic (exact) mass is 275 g/mol. The van der Waals surface area contributed by atoms with Crippen molar-refractivity contribution < 1.29 is 14.3 Å². The quantitative estimate of drug-likeness (QED) is 0.686. The van der Waals surface area contributed by atoms with Crippen LogP contribution >= 0.6 is 0 Å². The highest BCUT2D eigenvalue weighted by molar-refractivity contribution is 5.94. The number of esters is 1. The van der Waals surface area contributed by atoms with Gasteiger partial charge >= 0.3 is 5.97 Å². The lowest BCUT2D eigenvalue weighted by molar-refractivity contribution is 0.0598. The summed E-state index contributed by atoms with van der Waals surface area (Å²) < 4.78 is 12.3. The molecule has 0 aliphatic carbocycles. The largest absolute Gasteiger partial charge is 0.465 e. The number of aryl methyl sites for hydroxylation is 2. The zero-order chi connectivity index (χ0) is 14.9. The number of benzene rings is 1. The number of hydrogen-bond donors (Lipinski definition) is 1. The van der Waals surface area contributed by atoms with Crippen molar-refractivity contribution >= 4 is 11.7 Å². The summed E-state index contributed by atoms with van der Waals surface area (Å²) >= 11 is 0. The van der Waals surface area contributed by atoms with Crippen LogP contribution in [0.3, 0.4) is 0 Å². The number of hydrogen-bond acceptors (Lipinski definition) is 5. The molecule has 0 spiro atoms. The second-order valence-corrected chi connectivity index (χ2v) is 4.44. The van der Waals surface area contributed by atoms with Gasteiger partial charge in [-0.05, 0) is 26.0 Å². The van der Waals surface area contributed by atoms with E-state index in [1.165, 1.54) is 7.11 Å². The van der Waals surface area contributed by atoms with Crippen molar-refractivity contribution in [2.45, 2.75) is 13.8 Å². The summed E-state index contributed by atoms with van der Waals surface area (Å²) in [6, 6.07) is 4.96. The normalized spacial score (nSPS) is 10.4. The van der Waals surface area contributed by atoms with E-state index in [0.29, 0.717) is 17.2 Å². The average Bonchev–Trinajstić information content (AvgIpc) is 2.66. The predicted octanol–water partition coefficient (Wildman–Crippen LogP) is 2.20. The molecular formula is C14H17N3O3. The van der Waals surface area contributed by atoms with Crippen LogP contribution in [-0.2, 0) is 11.8 Å². The van der Waals surface area contributed by atoms with Gasteiger partial charge in [-0.25, -0.2) is 4.79 Å². The molecule has 2 rings (SSSR count). The first kappa shape index (κ1) is 13.9. The van der Waals surface area contributed by atoms with Crippen LogP contribution in [0.15, 0.2) is 18.2 Å². The molecule has 0 saturated heterocycles. The highest BCUT2D eigenvalue weighted by Gasteiger charge is 2.19. The van der Waals surface area contributed by atoms with Crippen molar-refractivity contribution in [2.24, 2.45) is 7.05 Å². The van der Waals surface area contributed by atoms with Crippen molar-refractivity contribution in [3.63, 3.8) is 0 Å². The molecular weight excluding hydrogens is 258 g/mol. The van der Waals surface area contributed by atoms with E-state index in [9.17, 15) is 4.79 Å². The van der Waals surface area contributed by atoms with Crippen LogP contribution in [0.1, 0.15) is 21.7 Å². The summed E-state index contributed by atoms with van der Waals surface area (Å²) in [6.07, 6.45) is 0. The lowest BCUT2D eigenvalue weighted by Crippen LogP contribution is -2.06. The van der Waals surface area contributed by atoms with Crippen LogP contribution in [0.4, 0.5) is 5.69 Å². The number of nitrogen functional groups attached to an aromatic ring is 1. The summed E-state index contributed by atoms with van der Waals surface area (Å²) in [5, 5.41) is 4.27. The van der Waals surface area contributed by atoms with Gasteiger partial charge in [-0.2, -0.15) is 5.10 Å². The average molecular weight is 275 g/mol. The Hall–Kier alpha value is -2.50. The minimum absolute atomic E-state index is 0.287. The van der Waals surface area contributed by atoms with Crippen molar-refractivity contribution in [1.29, 1.82) is 0 Å². The van der Waals surface area contributed by atoms with Gasteiger partial charge in [0.05, 0.1) is 18.5 Å². The highest BCUT2D eigenvalue weighted by atomic mass is 16.5. The van der Waals surface area contributed by atoms with Crippen LogP contribution in [0.5, 0.6) is 11.5 Å². The second-order valence-electron chi connectivity index (χ2n) is 4.44. The summed E-state index contributed by atoms with van der Waals surface area (Å²) in [5.74, 6) is 0.389. The summed E-state index contributed by atoms with van der Waals surface area (Å²) in [6.45, 7) is 3.71. The van der Waals surface area contributed by atoms with Gasteiger partial charge in [-0.3, -0.25) is 4.68 Å². The molecule has 6 heteroatoms. The van der Waals surface area contributed by atoms with E-state index in [4.69, 9.17) is 15.2 Å². The fourth-order valence-electron chi connectivity index (χ4n) is 1.94. The third kappa shape index (κ3) is 2.32. The zero-order valence-electron chi connectivity index (χ0n) is 11.9. The lowest BCUT2D eigenvalue weighted by atomic mass is 10.1. The maximum Gasteiger partial charge on any atom is 0.341 e. The first-order chi connectivity index (χ1) is 9.45. The number of rotatable bonds is 3. The topological polar surface area (TPSA) is 79.4 Å². The zero-order valence-corrected chi connectivity index (χ0v) is 11.9. The summed E-state index contributed by atoms with van der Waals surface area (Å²) in [7, 11) is 3.14. The van der Waals surface area contributed by atoms with Gasteiger partial charge < -0.3 is 15.2 Å². The number of para-hydroxylation sites is 1. The standard InChI is InChI=1S/C14H17N3O3/c1-8-12(9(2)17(3)16-8)20-13-10(14(18)19-4)6-5-7-11(13)15/h5-7H,15H2,1-4H3. The number of methoxy groups -OCH3 is 1. The molecule has 0 aliphatic rings.